The summed E-state index contributed by atoms with van der Waals surface area (Å²) in [7, 11) is 0. The van der Waals surface area contributed by atoms with Crippen LogP contribution in [0.3, 0.4) is 0 Å². The molecule has 3 rings (SSSR count). The Kier molecular flexibility index (Phi) is 3.51. The molecule has 0 atom stereocenters. The van der Waals surface area contributed by atoms with Gasteiger partial charge in [-0.2, -0.15) is 0 Å². The Morgan fingerprint density at radius 3 is 1.84 bits per heavy atom. The molecule has 4 heteroatoms. The van der Waals surface area contributed by atoms with E-state index in [2.05, 4.69) is 0 Å². The minimum Gasteiger partial charge on any atom is -0.265 e. The van der Waals surface area contributed by atoms with E-state index in [1.807, 2.05) is 54.6 Å². The number of benzene rings is 2. The number of rotatable bonds is 2. The summed E-state index contributed by atoms with van der Waals surface area (Å²) >= 11 is 8.49. The zero-order valence-electron chi connectivity index (χ0n) is 9.80. The quantitative estimate of drug-likeness (QED) is 0.639. The van der Waals surface area contributed by atoms with E-state index in [1.165, 1.54) is 22.7 Å². The highest BCUT2D eigenvalue weighted by molar-refractivity contribution is 7.32. The summed E-state index contributed by atoms with van der Waals surface area (Å²) in [5.74, 6) is 0. The molecule has 0 aliphatic carbocycles. The average molecular weight is 305 g/mol. The summed E-state index contributed by atoms with van der Waals surface area (Å²) in [5, 5.41) is 0.701. The lowest BCUT2D eigenvalue weighted by Gasteiger charge is -2.03. The molecule has 1 heterocycles. The van der Waals surface area contributed by atoms with Gasteiger partial charge < -0.3 is 0 Å². The largest absolute Gasteiger partial charge is 0.288 e. The van der Waals surface area contributed by atoms with Gasteiger partial charge in [0.2, 0.25) is 0 Å². The normalized spacial score (nSPS) is 10.6. The van der Waals surface area contributed by atoms with Crippen LogP contribution in [0.5, 0.6) is 0 Å². The van der Waals surface area contributed by atoms with E-state index < -0.39 is 0 Å². The van der Waals surface area contributed by atoms with E-state index in [9.17, 15) is 4.79 Å². The molecule has 0 unspecified atom stereocenters. The van der Waals surface area contributed by atoms with Crippen LogP contribution in [0.2, 0.25) is 5.02 Å². The zero-order valence-corrected chi connectivity index (χ0v) is 12.2. The molecule has 0 saturated heterocycles. The van der Waals surface area contributed by atoms with Crippen LogP contribution in [0, 0.1) is 0 Å². The monoisotopic (exact) mass is 304 g/mol. The number of halogens is 1. The first-order valence-corrected chi connectivity index (χ1v) is 7.70. The third-order valence-electron chi connectivity index (χ3n) is 2.72. The van der Waals surface area contributed by atoms with E-state index in [0.29, 0.717) is 5.02 Å². The Hall–Kier alpha value is -1.42. The van der Waals surface area contributed by atoms with Crippen LogP contribution >= 0.6 is 34.3 Å². The molecule has 0 spiro atoms. The van der Waals surface area contributed by atoms with Crippen molar-refractivity contribution in [3.05, 3.63) is 68.5 Å². The first-order valence-electron chi connectivity index (χ1n) is 5.69. The Balaban J connectivity index is 2.17. The maximum absolute atomic E-state index is 11.7. The molecule has 0 saturated carbocycles. The summed E-state index contributed by atoms with van der Waals surface area (Å²) < 4.78 is 0.115. The second kappa shape index (κ2) is 5.29. The van der Waals surface area contributed by atoms with Gasteiger partial charge in [-0.25, -0.2) is 0 Å². The van der Waals surface area contributed by atoms with Crippen LogP contribution in [0.4, 0.5) is 0 Å². The molecule has 1 aromatic heterocycles. The van der Waals surface area contributed by atoms with Crippen molar-refractivity contribution in [1.82, 2.24) is 0 Å². The van der Waals surface area contributed by atoms with E-state index in [4.69, 9.17) is 11.6 Å². The van der Waals surface area contributed by atoms with Crippen molar-refractivity contribution in [3.8, 4) is 20.9 Å². The molecular formula is C15H9ClOS2. The maximum Gasteiger partial charge on any atom is 0.288 e. The van der Waals surface area contributed by atoms with Crippen molar-refractivity contribution in [1.29, 1.82) is 0 Å². The lowest BCUT2D eigenvalue weighted by molar-refractivity contribution is 1.67. The summed E-state index contributed by atoms with van der Waals surface area (Å²) in [6, 6.07) is 17.6. The molecular weight excluding hydrogens is 296 g/mol. The first kappa shape index (κ1) is 12.6. The molecule has 0 aliphatic heterocycles. The average Bonchev–Trinajstić information content (AvgIpc) is 2.83. The van der Waals surface area contributed by atoms with Gasteiger partial charge in [-0.15, -0.1) is 0 Å². The fraction of sp³-hybridized carbons (Fsp3) is 0. The second-order valence-electron chi connectivity index (χ2n) is 3.99. The summed E-state index contributed by atoms with van der Waals surface area (Å²) in [6.45, 7) is 0. The lowest BCUT2D eigenvalue weighted by atomic mass is 10.1. The standard InChI is InChI=1S/C15H9ClOS2/c16-12-8-6-11(7-9-12)14-13(18-15(17)19-14)10-4-2-1-3-5-10/h1-9H. The van der Waals surface area contributed by atoms with Gasteiger partial charge >= 0.3 is 0 Å². The Labute approximate surface area is 123 Å². The van der Waals surface area contributed by atoms with Crippen LogP contribution in [0.1, 0.15) is 0 Å². The Bertz CT molecular complexity index is 742. The van der Waals surface area contributed by atoms with Crippen molar-refractivity contribution in [2.45, 2.75) is 0 Å². The highest BCUT2D eigenvalue weighted by Gasteiger charge is 2.12. The van der Waals surface area contributed by atoms with Crippen LogP contribution in [0.25, 0.3) is 20.9 Å². The van der Waals surface area contributed by atoms with E-state index in [0.717, 1.165) is 20.9 Å². The van der Waals surface area contributed by atoms with Crippen molar-refractivity contribution >= 4 is 34.3 Å². The van der Waals surface area contributed by atoms with Crippen molar-refractivity contribution in [2.75, 3.05) is 0 Å². The maximum atomic E-state index is 11.7. The molecule has 0 amide bonds. The summed E-state index contributed by atoms with van der Waals surface area (Å²) in [6.07, 6.45) is 0. The third kappa shape index (κ3) is 2.63. The van der Waals surface area contributed by atoms with Gasteiger partial charge in [0.1, 0.15) is 0 Å². The minimum atomic E-state index is 0.115. The van der Waals surface area contributed by atoms with Crippen LogP contribution in [0.15, 0.2) is 59.4 Å². The smallest absolute Gasteiger partial charge is 0.265 e. The topological polar surface area (TPSA) is 17.1 Å². The van der Waals surface area contributed by atoms with Crippen LogP contribution in [-0.2, 0) is 0 Å². The SMILES string of the molecule is O=c1sc(-c2ccccc2)c(-c2ccc(Cl)cc2)s1. The van der Waals surface area contributed by atoms with Crippen molar-refractivity contribution in [2.24, 2.45) is 0 Å². The Morgan fingerprint density at radius 2 is 1.26 bits per heavy atom. The van der Waals surface area contributed by atoms with E-state index in [-0.39, 0.29) is 4.06 Å². The predicted octanol–water partition coefficient (Wildman–Crippen LogP) is 5.16. The fourth-order valence-corrected chi connectivity index (χ4v) is 4.16. The molecule has 19 heavy (non-hydrogen) atoms. The fourth-order valence-electron chi connectivity index (χ4n) is 1.85. The number of hydrogen-bond donors (Lipinski definition) is 0. The van der Waals surface area contributed by atoms with Crippen molar-refractivity contribution < 1.29 is 0 Å². The van der Waals surface area contributed by atoms with E-state index in [1.54, 1.807) is 0 Å². The first-order chi connectivity index (χ1) is 9.24. The number of hydrogen-bond acceptors (Lipinski definition) is 3. The van der Waals surface area contributed by atoms with Gasteiger partial charge in [0, 0.05) is 5.02 Å². The van der Waals surface area contributed by atoms with Gasteiger partial charge in [-0.05, 0) is 23.3 Å². The van der Waals surface area contributed by atoms with Gasteiger partial charge in [-0.1, -0.05) is 76.7 Å². The summed E-state index contributed by atoms with van der Waals surface area (Å²) in [4.78, 5) is 13.8. The molecule has 0 aliphatic rings. The molecule has 0 N–H and O–H groups in total. The third-order valence-corrected chi connectivity index (χ3v) is 5.22. The summed E-state index contributed by atoms with van der Waals surface area (Å²) in [5.41, 5.74) is 2.11. The Morgan fingerprint density at radius 1 is 0.737 bits per heavy atom. The zero-order chi connectivity index (χ0) is 13.2. The lowest BCUT2D eigenvalue weighted by Crippen LogP contribution is -1.77. The molecule has 0 radical (unpaired) electrons. The molecule has 2 aromatic carbocycles. The van der Waals surface area contributed by atoms with Gasteiger partial charge in [-0.3, -0.25) is 4.79 Å². The molecule has 94 valence electrons. The van der Waals surface area contributed by atoms with Crippen LogP contribution in [-0.4, -0.2) is 0 Å². The molecule has 1 nitrogen and oxygen atoms in total. The van der Waals surface area contributed by atoms with Gasteiger partial charge in [0.25, 0.3) is 4.06 Å². The molecule has 3 aromatic rings. The van der Waals surface area contributed by atoms with Crippen molar-refractivity contribution in [3.63, 3.8) is 0 Å². The minimum absolute atomic E-state index is 0.115. The highest BCUT2D eigenvalue weighted by atomic mass is 35.5. The van der Waals surface area contributed by atoms with Crippen LogP contribution < -0.4 is 4.06 Å². The van der Waals surface area contributed by atoms with Gasteiger partial charge in [0.05, 0.1) is 9.75 Å². The molecule has 0 fully saturated rings. The highest BCUT2D eigenvalue weighted by Crippen LogP contribution is 2.37. The van der Waals surface area contributed by atoms with Gasteiger partial charge in [0.15, 0.2) is 0 Å². The molecule has 0 bridgehead atoms. The van der Waals surface area contributed by atoms with E-state index >= 15 is 0 Å². The predicted molar refractivity (Wildman–Crippen MR) is 84.3 cm³/mol. The second-order valence-corrected chi connectivity index (χ2v) is 6.65.